The fraction of sp³-hybridized carbons (Fsp3) is 0.250. The second-order valence-corrected chi connectivity index (χ2v) is 9.63. The number of methoxy groups -OCH3 is 1. The summed E-state index contributed by atoms with van der Waals surface area (Å²) in [5.74, 6) is 0.230. The first-order valence-corrected chi connectivity index (χ1v) is 12.5. The molecule has 0 bridgehead atoms. The predicted octanol–water partition coefficient (Wildman–Crippen LogP) is 5.86. The van der Waals surface area contributed by atoms with Crippen LogP contribution in [0.2, 0.25) is 0 Å². The number of aliphatic hydroxyl groups excluding tert-OH is 1. The van der Waals surface area contributed by atoms with Crippen LogP contribution in [0.15, 0.2) is 60.0 Å². The Morgan fingerprint density at radius 3 is 2.61 bits per heavy atom. The van der Waals surface area contributed by atoms with Gasteiger partial charge in [0.25, 0.3) is 0 Å². The van der Waals surface area contributed by atoms with Crippen LogP contribution < -0.4 is 9.47 Å². The monoisotopic (exact) mass is 505 g/mol. The average Bonchev–Trinajstić information content (AvgIpc) is 3.32. The van der Waals surface area contributed by atoms with E-state index < -0.39 is 0 Å². The van der Waals surface area contributed by atoms with Crippen molar-refractivity contribution in [1.29, 1.82) is 0 Å². The van der Waals surface area contributed by atoms with Crippen molar-refractivity contribution >= 4 is 33.0 Å². The lowest BCUT2D eigenvalue weighted by molar-refractivity contribution is -0.0118. The fourth-order valence-electron chi connectivity index (χ4n) is 4.21. The first-order chi connectivity index (χ1) is 17.4. The van der Waals surface area contributed by atoms with Crippen LogP contribution >= 0.6 is 11.3 Å². The molecule has 0 atom stereocenters. The Morgan fingerprint density at radius 2 is 1.83 bits per heavy atom. The van der Waals surface area contributed by atoms with Crippen LogP contribution in [0.4, 0.5) is 4.39 Å². The molecule has 0 spiro atoms. The summed E-state index contributed by atoms with van der Waals surface area (Å²) in [4.78, 5) is 30.1. The topological polar surface area (TPSA) is 85.7 Å². The van der Waals surface area contributed by atoms with Gasteiger partial charge in [-0.3, -0.25) is 9.59 Å². The Bertz CT molecular complexity index is 1440. The smallest absolute Gasteiger partial charge is 0.181 e. The van der Waals surface area contributed by atoms with Gasteiger partial charge in [0, 0.05) is 47.6 Å². The molecule has 5 rings (SSSR count). The highest BCUT2D eigenvalue weighted by Gasteiger charge is 2.29. The summed E-state index contributed by atoms with van der Waals surface area (Å²) in [5, 5.41) is 12.0. The van der Waals surface area contributed by atoms with Gasteiger partial charge < -0.3 is 14.6 Å². The number of nitrogens with zero attached hydrogens (tertiary/aromatic N) is 1. The lowest BCUT2D eigenvalue weighted by Crippen LogP contribution is -2.37. The average molecular weight is 506 g/mol. The van der Waals surface area contributed by atoms with Crippen molar-refractivity contribution in [1.82, 2.24) is 4.98 Å². The van der Waals surface area contributed by atoms with E-state index in [1.54, 1.807) is 42.5 Å². The summed E-state index contributed by atoms with van der Waals surface area (Å²) >= 11 is 1.30. The van der Waals surface area contributed by atoms with Crippen LogP contribution in [0.3, 0.4) is 0 Å². The molecule has 1 N–H and O–H groups in total. The largest absolute Gasteiger partial charge is 0.493 e. The maximum absolute atomic E-state index is 14.1. The molecule has 1 aliphatic carbocycles. The maximum atomic E-state index is 14.1. The molecular weight excluding hydrogens is 481 g/mol. The van der Waals surface area contributed by atoms with Gasteiger partial charge in [0.15, 0.2) is 23.1 Å². The van der Waals surface area contributed by atoms with Crippen LogP contribution in [0.5, 0.6) is 11.5 Å². The summed E-state index contributed by atoms with van der Waals surface area (Å²) in [6, 6.07) is 15.0. The molecule has 1 saturated carbocycles. The molecular formula is C28H24FNO5S. The van der Waals surface area contributed by atoms with E-state index in [0.717, 1.165) is 10.9 Å². The fourth-order valence-corrected chi connectivity index (χ4v) is 5.18. The van der Waals surface area contributed by atoms with Gasteiger partial charge in [-0.25, -0.2) is 9.37 Å². The van der Waals surface area contributed by atoms with Crippen molar-refractivity contribution in [2.24, 2.45) is 0 Å². The van der Waals surface area contributed by atoms with Gasteiger partial charge in [-0.05, 0) is 36.4 Å². The number of aromatic nitrogens is 1. The number of fused-ring (bicyclic) bond motifs is 1. The zero-order valence-corrected chi connectivity index (χ0v) is 20.4. The highest BCUT2D eigenvalue weighted by atomic mass is 32.1. The molecule has 1 fully saturated rings. The number of Topliss-reactive ketones (excluding diaryl/α,β-unsaturated/α-hetero) is 2. The SMILES string of the molecule is COc1cc(C(=O)CCC(=O)c2cccc(-c3csc4c(F)cccc34)n2)ccc1OC1CC(O)C1. The first kappa shape index (κ1) is 24.1. The molecule has 0 unspecified atom stereocenters. The molecule has 0 radical (unpaired) electrons. The van der Waals surface area contributed by atoms with Crippen molar-refractivity contribution in [2.75, 3.05) is 7.11 Å². The number of rotatable bonds is 9. The highest BCUT2D eigenvalue weighted by molar-refractivity contribution is 7.17. The van der Waals surface area contributed by atoms with Crippen LogP contribution in [0.25, 0.3) is 21.3 Å². The minimum Gasteiger partial charge on any atom is -0.493 e. The minimum atomic E-state index is -0.331. The molecule has 2 heterocycles. The summed E-state index contributed by atoms with van der Waals surface area (Å²) < 4.78 is 25.8. The third kappa shape index (κ3) is 4.87. The molecule has 6 nitrogen and oxygen atoms in total. The van der Waals surface area contributed by atoms with Crippen LogP contribution in [0.1, 0.15) is 46.5 Å². The third-order valence-electron chi connectivity index (χ3n) is 6.29. The van der Waals surface area contributed by atoms with E-state index in [0.29, 0.717) is 40.3 Å². The second-order valence-electron chi connectivity index (χ2n) is 8.75. The number of benzene rings is 2. The summed E-state index contributed by atoms with van der Waals surface area (Å²) in [6.45, 7) is 0. The highest BCUT2D eigenvalue weighted by Crippen LogP contribution is 2.35. The number of pyridine rings is 1. The van der Waals surface area contributed by atoms with E-state index in [2.05, 4.69) is 4.98 Å². The second kappa shape index (κ2) is 10.2. The van der Waals surface area contributed by atoms with Gasteiger partial charge in [0.2, 0.25) is 0 Å². The lowest BCUT2D eigenvalue weighted by Gasteiger charge is -2.32. The predicted molar refractivity (Wildman–Crippen MR) is 136 cm³/mol. The zero-order chi connectivity index (χ0) is 25.2. The van der Waals surface area contributed by atoms with Crippen LogP contribution in [-0.2, 0) is 0 Å². The number of aliphatic hydroxyl groups is 1. The molecule has 2 aromatic heterocycles. The van der Waals surface area contributed by atoms with Crippen molar-refractivity contribution in [3.8, 4) is 22.8 Å². The van der Waals surface area contributed by atoms with E-state index >= 15 is 0 Å². The standard InChI is InChI=1S/C28H24FNO5S/c1-34-27-12-16(8-11-26(27)35-18-13-17(31)14-18)24(32)9-10-25(33)23-7-3-6-22(30-23)20-15-36-28-19(20)4-2-5-21(28)29/h2-8,11-12,15,17-18,31H,9-10,13-14H2,1H3. The van der Waals surface area contributed by atoms with Gasteiger partial charge in [-0.1, -0.05) is 18.2 Å². The van der Waals surface area contributed by atoms with Crippen molar-refractivity contribution in [3.63, 3.8) is 0 Å². The Morgan fingerprint density at radius 1 is 1.06 bits per heavy atom. The van der Waals surface area contributed by atoms with E-state index in [1.807, 2.05) is 11.4 Å². The molecule has 36 heavy (non-hydrogen) atoms. The number of halogens is 1. The van der Waals surface area contributed by atoms with Gasteiger partial charge in [-0.2, -0.15) is 0 Å². The summed E-state index contributed by atoms with van der Waals surface area (Å²) in [7, 11) is 1.50. The number of ether oxygens (including phenoxy) is 2. The molecule has 0 aliphatic heterocycles. The van der Waals surface area contributed by atoms with Crippen molar-refractivity contribution < 1.29 is 28.6 Å². The molecule has 0 amide bonds. The van der Waals surface area contributed by atoms with Gasteiger partial charge in [0.1, 0.15) is 17.6 Å². The summed E-state index contributed by atoms with van der Waals surface area (Å²) in [6.07, 6.45) is 0.774. The molecule has 0 saturated heterocycles. The normalized spacial score (nSPS) is 17.0. The number of ketones is 2. The van der Waals surface area contributed by atoms with Crippen molar-refractivity contribution in [3.05, 3.63) is 77.1 Å². The van der Waals surface area contributed by atoms with Gasteiger partial charge >= 0.3 is 0 Å². The Balaban J connectivity index is 1.26. The minimum absolute atomic E-state index is 0.00876. The molecule has 184 valence electrons. The van der Waals surface area contributed by atoms with E-state index in [4.69, 9.17) is 9.47 Å². The van der Waals surface area contributed by atoms with E-state index in [9.17, 15) is 19.1 Å². The Kier molecular flexibility index (Phi) is 6.80. The maximum Gasteiger partial charge on any atom is 0.181 e. The number of carbonyl (C=O) groups is 2. The summed E-state index contributed by atoms with van der Waals surface area (Å²) in [5.41, 5.74) is 2.04. The number of thiophene rings is 1. The van der Waals surface area contributed by atoms with Gasteiger partial charge in [-0.15, -0.1) is 11.3 Å². The lowest BCUT2D eigenvalue weighted by atomic mass is 9.92. The number of hydrogen-bond acceptors (Lipinski definition) is 7. The third-order valence-corrected chi connectivity index (χ3v) is 7.29. The molecule has 8 heteroatoms. The first-order valence-electron chi connectivity index (χ1n) is 11.6. The van der Waals surface area contributed by atoms with Crippen LogP contribution in [-0.4, -0.2) is 41.0 Å². The Hall–Kier alpha value is -3.62. The van der Waals surface area contributed by atoms with Gasteiger partial charge in [0.05, 0.1) is 23.6 Å². The molecule has 1 aliphatic rings. The number of carbonyl (C=O) groups excluding carboxylic acids is 2. The molecule has 4 aromatic rings. The van der Waals surface area contributed by atoms with E-state index in [-0.39, 0.29) is 48.1 Å². The quantitative estimate of drug-likeness (QED) is 0.287. The number of hydrogen-bond donors (Lipinski definition) is 1. The zero-order valence-electron chi connectivity index (χ0n) is 19.6. The Labute approximate surface area is 211 Å². The van der Waals surface area contributed by atoms with Crippen molar-refractivity contribution in [2.45, 2.75) is 37.9 Å². The van der Waals surface area contributed by atoms with Crippen LogP contribution in [0, 0.1) is 5.82 Å². The molecule has 2 aromatic carbocycles. The van der Waals surface area contributed by atoms with E-state index in [1.165, 1.54) is 24.5 Å².